The molecule has 25 heavy (non-hydrogen) atoms. The molecule has 0 unspecified atom stereocenters. The number of fused-ring (bicyclic) bond motifs is 1. The Morgan fingerprint density at radius 1 is 0.920 bits per heavy atom. The van der Waals surface area contributed by atoms with Crippen molar-refractivity contribution < 1.29 is 0 Å². The van der Waals surface area contributed by atoms with E-state index in [-0.39, 0.29) is 0 Å². The van der Waals surface area contributed by atoms with Crippen molar-refractivity contribution in [2.45, 2.75) is 6.54 Å². The van der Waals surface area contributed by atoms with Crippen molar-refractivity contribution in [2.24, 2.45) is 0 Å². The van der Waals surface area contributed by atoms with E-state index in [0.29, 0.717) is 24.0 Å². The SMILES string of the molecule is CNc1nnc2c(NCc3ccc(-c4ccccc4)cc3)nccn12. The number of aromatic nitrogens is 4. The van der Waals surface area contributed by atoms with Crippen LogP contribution in [0.2, 0.25) is 0 Å². The molecule has 0 atom stereocenters. The molecule has 0 bridgehead atoms. The molecule has 2 N–H and O–H groups in total. The van der Waals surface area contributed by atoms with Crippen LogP contribution in [0.25, 0.3) is 16.8 Å². The number of hydrogen-bond donors (Lipinski definition) is 2. The standard InChI is InChI=1S/C19H18N6/c1-20-19-24-23-18-17(21-11-12-25(18)19)22-13-14-7-9-16(10-8-14)15-5-3-2-4-6-15/h2-12H,13H2,1H3,(H,20,24)(H,21,22). The Morgan fingerprint density at radius 2 is 1.68 bits per heavy atom. The van der Waals surface area contributed by atoms with E-state index in [1.807, 2.05) is 23.7 Å². The van der Waals surface area contributed by atoms with Crippen LogP contribution in [0.5, 0.6) is 0 Å². The fraction of sp³-hybridized carbons (Fsp3) is 0.105. The van der Waals surface area contributed by atoms with Crippen LogP contribution >= 0.6 is 0 Å². The lowest BCUT2D eigenvalue weighted by Crippen LogP contribution is -2.04. The van der Waals surface area contributed by atoms with Crippen LogP contribution in [-0.4, -0.2) is 26.6 Å². The molecule has 0 spiro atoms. The third-order valence-corrected chi connectivity index (χ3v) is 4.07. The molecule has 6 heteroatoms. The molecule has 0 saturated carbocycles. The van der Waals surface area contributed by atoms with E-state index in [1.54, 1.807) is 6.20 Å². The molecule has 0 radical (unpaired) electrons. The van der Waals surface area contributed by atoms with E-state index < -0.39 is 0 Å². The minimum atomic E-state index is 0.670. The van der Waals surface area contributed by atoms with Gasteiger partial charge in [-0.1, -0.05) is 54.6 Å². The molecule has 0 aliphatic heterocycles. The molecule has 2 heterocycles. The summed E-state index contributed by atoms with van der Waals surface area (Å²) in [7, 11) is 1.82. The van der Waals surface area contributed by atoms with Crippen LogP contribution in [0.15, 0.2) is 67.0 Å². The predicted octanol–water partition coefficient (Wildman–Crippen LogP) is 3.45. The van der Waals surface area contributed by atoms with Gasteiger partial charge in [0.25, 0.3) is 0 Å². The van der Waals surface area contributed by atoms with Crippen molar-refractivity contribution in [3.05, 3.63) is 72.6 Å². The quantitative estimate of drug-likeness (QED) is 0.587. The average molecular weight is 330 g/mol. The number of anilines is 2. The lowest BCUT2D eigenvalue weighted by molar-refractivity contribution is 1.07. The number of benzene rings is 2. The third-order valence-electron chi connectivity index (χ3n) is 4.07. The van der Waals surface area contributed by atoms with Gasteiger partial charge in [-0.2, -0.15) is 0 Å². The van der Waals surface area contributed by atoms with Crippen molar-refractivity contribution in [1.29, 1.82) is 0 Å². The Labute approximate surface area is 145 Å². The van der Waals surface area contributed by atoms with Crippen molar-refractivity contribution in [1.82, 2.24) is 19.6 Å². The number of hydrogen-bond acceptors (Lipinski definition) is 5. The molecule has 6 nitrogen and oxygen atoms in total. The van der Waals surface area contributed by atoms with Crippen LogP contribution in [0, 0.1) is 0 Å². The molecule has 0 aliphatic carbocycles. The van der Waals surface area contributed by atoms with Crippen LogP contribution in [0.3, 0.4) is 0 Å². The van der Waals surface area contributed by atoms with E-state index in [1.165, 1.54) is 16.7 Å². The molecule has 124 valence electrons. The van der Waals surface area contributed by atoms with Gasteiger partial charge < -0.3 is 10.6 Å². The third kappa shape index (κ3) is 3.01. The monoisotopic (exact) mass is 330 g/mol. The minimum Gasteiger partial charge on any atom is -0.363 e. The Balaban J connectivity index is 1.51. The molecule has 0 amide bonds. The Bertz CT molecular complexity index is 976. The van der Waals surface area contributed by atoms with E-state index in [4.69, 9.17) is 0 Å². The first kappa shape index (κ1) is 15.1. The van der Waals surface area contributed by atoms with E-state index in [0.717, 1.165) is 0 Å². The first-order valence-corrected chi connectivity index (χ1v) is 8.11. The fourth-order valence-corrected chi connectivity index (χ4v) is 2.75. The fourth-order valence-electron chi connectivity index (χ4n) is 2.75. The van der Waals surface area contributed by atoms with Gasteiger partial charge in [-0.05, 0) is 16.7 Å². The largest absolute Gasteiger partial charge is 0.363 e. The highest BCUT2D eigenvalue weighted by atomic mass is 15.3. The summed E-state index contributed by atoms with van der Waals surface area (Å²) in [5.41, 5.74) is 4.31. The maximum absolute atomic E-state index is 4.37. The first-order valence-electron chi connectivity index (χ1n) is 8.11. The van der Waals surface area contributed by atoms with Crippen LogP contribution in [-0.2, 0) is 6.54 Å². The summed E-state index contributed by atoms with van der Waals surface area (Å²) < 4.78 is 1.87. The zero-order valence-electron chi connectivity index (χ0n) is 13.8. The van der Waals surface area contributed by atoms with Crippen LogP contribution in [0.4, 0.5) is 11.8 Å². The highest BCUT2D eigenvalue weighted by Gasteiger charge is 2.08. The molecule has 0 saturated heterocycles. The Kier molecular flexibility index (Phi) is 4.00. The topological polar surface area (TPSA) is 67.1 Å². The van der Waals surface area contributed by atoms with Gasteiger partial charge in [0.15, 0.2) is 5.82 Å². The van der Waals surface area contributed by atoms with Gasteiger partial charge in [-0.15, -0.1) is 10.2 Å². The van der Waals surface area contributed by atoms with Gasteiger partial charge >= 0.3 is 0 Å². The second-order valence-corrected chi connectivity index (χ2v) is 5.66. The highest BCUT2D eigenvalue weighted by Crippen LogP contribution is 2.20. The zero-order chi connectivity index (χ0) is 17.1. The summed E-state index contributed by atoms with van der Waals surface area (Å²) in [5.74, 6) is 1.40. The summed E-state index contributed by atoms with van der Waals surface area (Å²) in [4.78, 5) is 4.37. The smallest absolute Gasteiger partial charge is 0.228 e. The summed E-state index contributed by atoms with van der Waals surface area (Å²) in [6, 6.07) is 18.9. The maximum atomic E-state index is 4.37. The Morgan fingerprint density at radius 3 is 2.44 bits per heavy atom. The zero-order valence-corrected chi connectivity index (χ0v) is 13.8. The number of nitrogens with one attached hydrogen (secondary N) is 2. The molecular weight excluding hydrogens is 312 g/mol. The number of rotatable bonds is 5. The van der Waals surface area contributed by atoms with Gasteiger partial charge in [0.05, 0.1) is 0 Å². The van der Waals surface area contributed by atoms with Gasteiger partial charge in [-0.3, -0.25) is 4.40 Å². The van der Waals surface area contributed by atoms with Crippen molar-refractivity contribution in [2.75, 3.05) is 17.7 Å². The molecule has 0 aliphatic rings. The molecular formula is C19H18N6. The first-order chi connectivity index (χ1) is 12.3. The highest BCUT2D eigenvalue weighted by molar-refractivity contribution is 5.65. The lowest BCUT2D eigenvalue weighted by atomic mass is 10.0. The van der Waals surface area contributed by atoms with E-state index in [2.05, 4.69) is 74.3 Å². The van der Waals surface area contributed by atoms with Crippen molar-refractivity contribution >= 4 is 17.4 Å². The summed E-state index contributed by atoms with van der Waals surface area (Å²) >= 11 is 0. The summed E-state index contributed by atoms with van der Waals surface area (Å²) in [5, 5.41) is 14.6. The van der Waals surface area contributed by atoms with E-state index in [9.17, 15) is 0 Å². The molecule has 4 rings (SSSR count). The second kappa shape index (κ2) is 6.60. The van der Waals surface area contributed by atoms with E-state index >= 15 is 0 Å². The second-order valence-electron chi connectivity index (χ2n) is 5.66. The predicted molar refractivity (Wildman–Crippen MR) is 99.5 cm³/mol. The van der Waals surface area contributed by atoms with Crippen molar-refractivity contribution in [3.63, 3.8) is 0 Å². The van der Waals surface area contributed by atoms with Crippen LogP contribution in [0.1, 0.15) is 5.56 Å². The normalized spacial score (nSPS) is 10.8. The number of nitrogens with zero attached hydrogens (tertiary/aromatic N) is 4. The minimum absolute atomic E-state index is 0.670. The molecule has 0 fully saturated rings. The molecule has 2 aromatic carbocycles. The maximum Gasteiger partial charge on any atom is 0.228 e. The Hall–Kier alpha value is -3.41. The summed E-state index contributed by atoms with van der Waals surface area (Å²) in [6.45, 7) is 0.670. The average Bonchev–Trinajstić information content (AvgIpc) is 3.11. The molecule has 2 aromatic heterocycles. The lowest BCUT2D eigenvalue weighted by Gasteiger charge is -2.08. The summed E-state index contributed by atoms with van der Waals surface area (Å²) in [6.07, 6.45) is 3.57. The van der Waals surface area contributed by atoms with Gasteiger partial charge in [0.2, 0.25) is 11.6 Å². The van der Waals surface area contributed by atoms with Crippen LogP contribution < -0.4 is 10.6 Å². The van der Waals surface area contributed by atoms with Gasteiger partial charge in [0, 0.05) is 26.0 Å². The van der Waals surface area contributed by atoms with Gasteiger partial charge in [0.1, 0.15) is 0 Å². The molecule has 4 aromatic rings. The van der Waals surface area contributed by atoms with Gasteiger partial charge in [-0.25, -0.2) is 4.98 Å². The van der Waals surface area contributed by atoms with Crippen molar-refractivity contribution in [3.8, 4) is 11.1 Å².